The summed E-state index contributed by atoms with van der Waals surface area (Å²) in [5, 5.41) is 13.6. The van der Waals surface area contributed by atoms with Crippen LogP contribution in [0.1, 0.15) is 13.8 Å². The zero-order chi connectivity index (χ0) is 14.0. The van der Waals surface area contributed by atoms with E-state index in [-0.39, 0.29) is 17.6 Å². The molecule has 0 aliphatic carbocycles. The molecule has 0 aliphatic rings. The summed E-state index contributed by atoms with van der Waals surface area (Å²) in [6.07, 6.45) is 0. The third-order valence-electron chi connectivity index (χ3n) is 3.34. The van der Waals surface area contributed by atoms with Crippen LogP contribution in [-0.2, 0) is 7.05 Å². The summed E-state index contributed by atoms with van der Waals surface area (Å²) in [7, 11) is 1.77. The lowest BCUT2D eigenvalue weighted by Gasteiger charge is -2.23. The molecule has 1 heterocycles. The van der Waals surface area contributed by atoms with Crippen molar-refractivity contribution < 1.29 is 5.11 Å². The van der Waals surface area contributed by atoms with Crippen molar-refractivity contribution in [3.8, 4) is 0 Å². The molecular weight excluding hydrogens is 240 g/mol. The first kappa shape index (κ1) is 13.6. The Labute approximate surface area is 112 Å². The van der Waals surface area contributed by atoms with Gasteiger partial charge in [-0.1, -0.05) is 32.0 Å². The summed E-state index contributed by atoms with van der Waals surface area (Å²) in [6.45, 7) is 4.66. The molecule has 2 rings (SSSR count). The first-order chi connectivity index (χ1) is 8.94. The Balaban J connectivity index is 2.44. The maximum Gasteiger partial charge on any atom is 0.252 e. The van der Waals surface area contributed by atoms with Crippen LogP contribution in [0.4, 0.5) is 5.69 Å². The number of pyridine rings is 1. The smallest absolute Gasteiger partial charge is 0.252 e. The van der Waals surface area contributed by atoms with Gasteiger partial charge in [-0.3, -0.25) is 4.79 Å². The SMILES string of the molecule is Cn1c(=O)cc(NCC(C)(C)CO)c2ccccc21. The number of aromatic nitrogens is 1. The first-order valence-corrected chi connectivity index (χ1v) is 6.38. The second-order valence-corrected chi connectivity index (χ2v) is 5.65. The Morgan fingerprint density at radius 2 is 2.00 bits per heavy atom. The lowest BCUT2D eigenvalue weighted by molar-refractivity contribution is 0.171. The molecule has 102 valence electrons. The summed E-state index contributed by atoms with van der Waals surface area (Å²) >= 11 is 0. The molecule has 2 aromatic rings. The van der Waals surface area contributed by atoms with Gasteiger partial charge in [-0.15, -0.1) is 0 Å². The number of nitrogens with zero attached hydrogens (tertiary/aromatic N) is 1. The number of aliphatic hydroxyl groups is 1. The zero-order valence-corrected chi connectivity index (χ0v) is 11.6. The van der Waals surface area contributed by atoms with Gasteiger partial charge in [0.1, 0.15) is 0 Å². The molecule has 0 amide bonds. The highest BCUT2D eigenvalue weighted by Gasteiger charge is 2.16. The number of aliphatic hydroxyl groups excluding tert-OH is 1. The maximum absolute atomic E-state index is 11.9. The molecule has 0 radical (unpaired) electrons. The Kier molecular flexibility index (Phi) is 3.62. The minimum absolute atomic E-state index is 0.0389. The molecule has 0 bridgehead atoms. The molecule has 0 unspecified atom stereocenters. The van der Waals surface area contributed by atoms with Gasteiger partial charge in [0.2, 0.25) is 0 Å². The van der Waals surface area contributed by atoms with Gasteiger partial charge in [0.25, 0.3) is 5.56 Å². The highest BCUT2D eigenvalue weighted by atomic mass is 16.3. The number of hydrogen-bond donors (Lipinski definition) is 2. The van der Waals surface area contributed by atoms with Crippen molar-refractivity contribution >= 4 is 16.6 Å². The van der Waals surface area contributed by atoms with Crippen LogP contribution in [-0.4, -0.2) is 22.8 Å². The van der Waals surface area contributed by atoms with Crippen LogP contribution in [0.2, 0.25) is 0 Å². The number of hydrogen-bond acceptors (Lipinski definition) is 3. The fraction of sp³-hybridized carbons (Fsp3) is 0.400. The predicted octanol–water partition coefficient (Wildman–Crippen LogP) is 1.97. The van der Waals surface area contributed by atoms with Crippen LogP contribution >= 0.6 is 0 Å². The van der Waals surface area contributed by atoms with Crippen molar-refractivity contribution in [2.45, 2.75) is 13.8 Å². The van der Waals surface area contributed by atoms with Gasteiger partial charge in [0.05, 0.1) is 5.52 Å². The van der Waals surface area contributed by atoms with Crippen molar-refractivity contribution in [2.75, 3.05) is 18.5 Å². The second-order valence-electron chi connectivity index (χ2n) is 5.65. The summed E-state index contributed by atoms with van der Waals surface area (Å²) < 4.78 is 1.64. The van der Waals surface area contributed by atoms with E-state index >= 15 is 0 Å². The van der Waals surface area contributed by atoms with Crippen LogP contribution in [0.5, 0.6) is 0 Å². The Hall–Kier alpha value is -1.81. The van der Waals surface area contributed by atoms with Crippen LogP contribution in [0.3, 0.4) is 0 Å². The largest absolute Gasteiger partial charge is 0.396 e. The number of aryl methyl sites for hydroxylation is 1. The molecule has 2 N–H and O–H groups in total. The topological polar surface area (TPSA) is 54.3 Å². The van der Waals surface area contributed by atoms with E-state index in [1.807, 2.05) is 38.1 Å². The quantitative estimate of drug-likeness (QED) is 0.883. The fourth-order valence-electron chi connectivity index (χ4n) is 1.95. The van der Waals surface area contributed by atoms with Gasteiger partial charge >= 0.3 is 0 Å². The minimum Gasteiger partial charge on any atom is -0.396 e. The van der Waals surface area contributed by atoms with Gasteiger partial charge in [0, 0.05) is 42.8 Å². The van der Waals surface area contributed by atoms with Crippen LogP contribution < -0.4 is 10.9 Å². The monoisotopic (exact) mass is 260 g/mol. The number of fused-ring (bicyclic) bond motifs is 1. The normalized spacial score (nSPS) is 11.8. The molecule has 0 spiro atoms. The van der Waals surface area contributed by atoms with E-state index in [0.29, 0.717) is 6.54 Å². The van der Waals surface area contributed by atoms with Gasteiger partial charge in [0.15, 0.2) is 0 Å². The van der Waals surface area contributed by atoms with E-state index in [2.05, 4.69) is 5.32 Å². The van der Waals surface area contributed by atoms with Crippen LogP contribution in [0, 0.1) is 5.41 Å². The van der Waals surface area contributed by atoms with Gasteiger partial charge in [-0.2, -0.15) is 0 Å². The Bertz CT molecular complexity index is 644. The van der Waals surface area contributed by atoms with E-state index < -0.39 is 0 Å². The average molecular weight is 260 g/mol. The molecular formula is C15H20N2O2. The van der Waals surface area contributed by atoms with E-state index in [0.717, 1.165) is 16.6 Å². The number of nitrogens with one attached hydrogen (secondary N) is 1. The Morgan fingerprint density at radius 3 is 2.68 bits per heavy atom. The average Bonchev–Trinajstić information content (AvgIpc) is 2.41. The molecule has 0 fully saturated rings. The summed E-state index contributed by atoms with van der Waals surface area (Å²) in [6, 6.07) is 9.40. The molecule has 1 aromatic carbocycles. The van der Waals surface area contributed by atoms with E-state index in [1.165, 1.54) is 0 Å². The lowest BCUT2D eigenvalue weighted by Crippen LogP contribution is -2.27. The molecule has 4 nitrogen and oxygen atoms in total. The lowest BCUT2D eigenvalue weighted by atomic mass is 9.95. The molecule has 1 aromatic heterocycles. The highest BCUT2D eigenvalue weighted by Crippen LogP contribution is 2.22. The Morgan fingerprint density at radius 1 is 1.32 bits per heavy atom. The third-order valence-corrected chi connectivity index (χ3v) is 3.34. The summed E-state index contributed by atoms with van der Waals surface area (Å²) in [4.78, 5) is 11.9. The van der Waals surface area contributed by atoms with Crippen molar-refractivity contribution in [1.29, 1.82) is 0 Å². The van der Waals surface area contributed by atoms with Crippen LogP contribution in [0.15, 0.2) is 35.1 Å². The second kappa shape index (κ2) is 5.05. The first-order valence-electron chi connectivity index (χ1n) is 6.38. The van der Waals surface area contributed by atoms with Crippen LogP contribution in [0.25, 0.3) is 10.9 Å². The number of anilines is 1. The predicted molar refractivity (Wildman–Crippen MR) is 78.5 cm³/mol. The van der Waals surface area contributed by atoms with Crippen molar-refractivity contribution in [1.82, 2.24) is 4.57 Å². The summed E-state index contributed by atoms with van der Waals surface area (Å²) in [5.74, 6) is 0. The molecule has 4 heteroatoms. The molecule has 0 atom stereocenters. The van der Waals surface area contributed by atoms with Crippen molar-refractivity contribution in [2.24, 2.45) is 12.5 Å². The van der Waals surface area contributed by atoms with Gasteiger partial charge in [-0.25, -0.2) is 0 Å². The van der Waals surface area contributed by atoms with Crippen molar-refractivity contribution in [3.05, 3.63) is 40.7 Å². The van der Waals surface area contributed by atoms with E-state index in [9.17, 15) is 9.90 Å². The number of para-hydroxylation sites is 1. The summed E-state index contributed by atoms with van der Waals surface area (Å²) in [5.41, 5.74) is 1.46. The molecule has 0 saturated heterocycles. The molecule has 0 saturated carbocycles. The van der Waals surface area contributed by atoms with E-state index in [4.69, 9.17) is 0 Å². The highest BCUT2D eigenvalue weighted by molar-refractivity contribution is 5.91. The minimum atomic E-state index is -0.220. The number of rotatable bonds is 4. The van der Waals surface area contributed by atoms with E-state index in [1.54, 1.807) is 17.7 Å². The third kappa shape index (κ3) is 2.79. The van der Waals surface area contributed by atoms with Crippen molar-refractivity contribution in [3.63, 3.8) is 0 Å². The number of benzene rings is 1. The standard InChI is InChI=1S/C15H20N2O2/c1-15(2,10-18)9-16-12-8-14(19)17(3)13-7-5-4-6-11(12)13/h4-8,16,18H,9-10H2,1-3H3. The van der Waals surface area contributed by atoms with Gasteiger partial charge in [-0.05, 0) is 6.07 Å². The van der Waals surface area contributed by atoms with Gasteiger partial charge < -0.3 is 15.0 Å². The zero-order valence-electron chi connectivity index (χ0n) is 11.6. The molecule has 19 heavy (non-hydrogen) atoms. The molecule has 0 aliphatic heterocycles. The fourth-order valence-corrected chi connectivity index (χ4v) is 1.95. The maximum atomic E-state index is 11.9.